The predicted molar refractivity (Wildman–Crippen MR) is 94.0 cm³/mol. The van der Waals surface area contributed by atoms with E-state index in [1.54, 1.807) is 0 Å². The van der Waals surface area contributed by atoms with Crippen LogP contribution >= 0.6 is 0 Å². The van der Waals surface area contributed by atoms with Gasteiger partial charge in [-0.05, 0) is 18.8 Å². The lowest BCUT2D eigenvalue weighted by molar-refractivity contribution is -0.385. The number of nitro groups is 1. The number of fused-ring (bicyclic) bond motifs is 1. The molecule has 1 aromatic carbocycles. The number of esters is 1. The van der Waals surface area contributed by atoms with E-state index in [2.05, 4.69) is 5.32 Å². The maximum Gasteiger partial charge on any atom is 0.345 e. The number of rotatable bonds is 6. The Hall–Kier alpha value is -2.84. The fourth-order valence-corrected chi connectivity index (χ4v) is 3.30. The minimum atomic E-state index is -0.952. The lowest BCUT2D eigenvalue weighted by Gasteiger charge is -2.21. The number of ether oxygens (including phenoxy) is 3. The number of amides is 1. The van der Waals surface area contributed by atoms with Crippen molar-refractivity contribution in [3.8, 4) is 11.5 Å². The molecule has 0 radical (unpaired) electrons. The maximum atomic E-state index is 12.3. The van der Waals surface area contributed by atoms with Crippen LogP contribution < -0.4 is 14.8 Å². The average molecular weight is 378 g/mol. The Morgan fingerprint density at radius 3 is 2.48 bits per heavy atom. The minimum Gasteiger partial charge on any atom is -0.486 e. The standard InChI is InChI=1S/C18H22N2O7/c21-17(19-10-12-4-2-1-3-5-12)11-27-18(22)13-8-15-16(26-7-6-25-15)9-14(13)20(23)24/h8-9,12H,1-7,10-11H2,(H,19,21). The summed E-state index contributed by atoms with van der Waals surface area (Å²) in [5, 5.41) is 14.0. The molecule has 3 rings (SSSR count). The van der Waals surface area contributed by atoms with E-state index in [0.717, 1.165) is 18.9 Å². The van der Waals surface area contributed by atoms with E-state index in [-0.39, 0.29) is 30.3 Å². The summed E-state index contributed by atoms with van der Waals surface area (Å²) in [6.45, 7) is 0.621. The second kappa shape index (κ2) is 8.70. The first-order chi connectivity index (χ1) is 13.0. The first-order valence-electron chi connectivity index (χ1n) is 9.06. The number of carbonyl (C=O) groups excluding carboxylic acids is 2. The summed E-state index contributed by atoms with van der Waals surface area (Å²) < 4.78 is 15.6. The van der Waals surface area contributed by atoms with E-state index >= 15 is 0 Å². The average Bonchev–Trinajstić information content (AvgIpc) is 2.70. The Balaban J connectivity index is 1.58. The zero-order chi connectivity index (χ0) is 19.2. The van der Waals surface area contributed by atoms with Crippen LogP contribution in [0.2, 0.25) is 0 Å². The van der Waals surface area contributed by atoms with Crippen LogP contribution in [0.25, 0.3) is 0 Å². The molecule has 1 amide bonds. The van der Waals surface area contributed by atoms with Crippen molar-refractivity contribution in [3.63, 3.8) is 0 Å². The first kappa shape index (κ1) is 18.9. The Bertz CT molecular complexity index is 729. The van der Waals surface area contributed by atoms with E-state index in [1.807, 2.05) is 0 Å². The Labute approximate surface area is 156 Å². The van der Waals surface area contributed by atoms with Crippen LogP contribution in [0.5, 0.6) is 11.5 Å². The molecule has 0 aromatic heterocycles. The van der Waals surface area contributed by atoms with Crippen LogP contribution in [0.4, 0.5) is 5.69 Å². The molecule has 1 fully saturated rings. The summed E-state index contributed by atoms with van der Waals surface area (Å²) in [7, 11) is 0. The highest BCUT2D eigenvalue weighted by Gasteiger charge is 2.27. The van der Waals surface area contributed by atoms with Crippen molar-refractivity contribution in [1.82, 2.24) is 5.32 Å². The van der Waals surface area contributed by atoms with Crippen molar-refractivity contribution in [2.24, 2.45) is 5.92 Å². The van der Waals surface area contributed by atoms with E-state index in [4.69, 9.17) is 14.2 Å². The van der Waals surface area contributed by atoms with Gasteiger partial charge in [-0.15, -0.1) is 0 Å². The van der Waals surface area contributed by atoms with Gasteiger partial charge in [0.2, 0.25) is 0 Å². The van der Waals surface area contributed by atoms with Crippen LogP contribution in [0.1, 0.15) is 42.5 Å². The summed E-state index contributed by atoms with van der Waals surface area (Å²) >= 11 is 0. The summed E-state index contributed by atoms with van der Waals surface area (Å²) in [5.41, 5.74) is -0.726. The second-order valence-electron chi connectivity index (χ2n) is 6.65. The van der Waals surface area contributed by atoms with Gasteiger partial charge < -0.3 is 19.5 Å². The van der Waals surface area contributed by atoms with Gasteiger partial charge in [-0.3, -0.25) is 14.9 Å². The van der Waals surface area contributed by atoms with Gasteiger partial charge in [0, 0.05) is 12.6 Å². The van der Waals surface area contributed by atoms with Gasteiger partial charge in [0.25, 0.3) is 11.6 Å². The zero-order valence-corrected chi connectivity index (χ0v) is 14.9. The lowest BCUT2D eigenvalue weighted by Crippen LogP contribution is -2.33. The van der Waals surface area contributed by atoms with Gasteiger partial charge in [-0.2, -0.15) is 0 Å². The van der Waals surface area contributed by atoms with Gasteiger partial charge in [0.1, 0.15) is 18.8 Å². The van der Waals surface area contributed by atoms with E-state index in [0.29, 0.717) is 12.5 Å². The Morgan fingerprint density at radius 2 is 1.81 bits per heavy atom. The molecule has 0 spiro atoms. The third kappa shape index (κ3) is 4.87. The summed E-state index contributed by atoms with van der Waals surface area (Å²) in [5.74, 6) is -0.479. The summed E-state index contributed by atoms with van der Waals surface area (Å²) in [4.78, 5) is 34.7. The largest absolute Gasteiger partial charge is 0.486 e. The van der Waals surface area contributed by atoms with Gasteiger partial charge in [0.15, 0.2) is 18.1 Å². The zero-order valence-electron chi connectivity index (χ0n) is 14.9. The second-order valence-corrected chi connectivity index (χ2v) is 6.65. The SMILES string of the molecule is O=C(COC(=O)c1cc2c(cc1[N+](=O)[O-])OCCO2)NCC1CCCCC1. The van der Waals surface area contributed by atoms with E-state index < -0.39 is 29.1 Å². The quantitative estimate of drug-likeness (QED) is 0.458. The number of nitrogens with zero attached hydrogens (tertiary/aromatic N) is 1. The van der Waals surface area contributed by atoms with Crippen molar-refractivity contribution in [3.05, 3.63) is 27.8 Å². The van der Waals surface area contributed by atoms with Crippen LogP contribution in [0, 0.1) is 16.0 Å². The molecule has 1 aliphatic carbocycles. The van der Waals surface area contributed by atoms with Gasteiger partial charge in [0.05, 0.1) is 11.0 Å². The molecule has 27 heavy (non-hydrogen) atoms. The number of carbonyl (C=O) groups is 2. The maximum absolute atomic E-state index is 12.3. The fraction of sp³-hybridized carbons (Fsp3) is 0.556. The molecule has 1 N–H and O–H groups in total. The molecule has 1 heterocycles. The highest BCUT2D eigenvalue weighted by molar-refractivity contribution is 5.96. The topological polar surface area (TPSA) is 117 Å². The molecule has 1 aliphatic heterocycles. The molecule has 0 bridgehead atoms. The van der Waals surface area contributed by atoms with Gasteiger partial charge in [-0.1, -0.05) is 19.3 Å². The van der Waals surface area contributed by atoms with Crippen molar-refractivity contribution >= 4 is 17.6 Å². The normalized spacial score (nSPS) is 16.4. The Morgan fingerprint density at radius 1 is 1.15 bits per heavy atom. The lowest BCUT2D eigenvalue weighted by atomic mass is 9.89. The van der Waals surface area contributed by atoms with Gasteiger partial charge in [-0.25, -0.2) is 4.79 Å². The number of nitro benzene ring substituents is 1. The molecule has 2 aliphatic rings. The summed E-state index contributed by atoms with van der Waals surface area (Å²) in [6.07, 6.45) is 5.75. The monoisotopic (exact) mass is 378 g/mol. The minimum absolute atomic E-state index is 0.203. The van der Waals surface area contributed by atoms with Crippen LogP contribution in [-0.4, -0.2) is 43.2 Å². The Kier molecular flexibility index (Phi) is 6.10. The molecular formula is C18H22N2O7. The van der Waals surface area contributed by atoms with Crippen LogP contribution in [0.3, 0.4) is 0 Å². The molecule has 1 saturated carbocycles. The van der Waals surface area contributed by atoms with Gasteiger partial charge >= 0.3 is 5.97 Å². The molecule has 9 heteroatoms. The molecule has 1 aromatic rings. The third-order valence-electron chi connectivity index (χ3n) is 4.72. The van der Waals surface area contributed by atoms with Crippen LogP contribution in [-0.2, 0) is 9.53 Å². The molecule has 9 nitrogen and oxygen atoms in total. The number of hydrogen-bond donors (Lipinski definition) is 1. The smallest absolute Gasteiger partial charge is 0.345 e. The van der Waals surface area contributed by atoms with Crippen molar-refractivity contribution in [2.75, 3.05) is 26.4 Å². The van der Waals surface area contributed by atoms with Crippen molar-refractivity contribution in [2.45, 2.75) is 32.1 Å². The summed E-state index contributed by atoms with van der Waals surface area (Å²) in [6, 6.07) is 2.35. The van der Waals surface area contributed by atoms with E-state index in [1.165, 1.54) is 25.3 Å². The highest BCUT2D eigenvalue weighted by Crippen LogP contribution is 2.36. The fourth-order valence-electron chi connectivity index (χ4n) is 3.30. The first-order valence-corrected chi connectivity index (χ1v) is 9.06. The molecule has 0 atom stereocenters. The third-order valence-corrected chi connectivity index (χ3v) is 4.72. The molecule has 0 unspecified atom stereocenters. The highest BCUT2D eigenvalue weighted by atomic mass is 16.6. The molecule has 0 saturated heterocycles. The van der Waals surface area contributed by atoms with Crippen molar-refractivity contribution < 1.29 is 28.7 Å². The van der Waals surface area contributed by atoms with Crippen molar-refractivity contribution in [1.29, 1.82) is 0 Å². The number of benzene rings is 1. The molecule has 146 valence electrons. The number of nitrogens with one attached hydrogen (secondary N) is 1. The molecular weight excluding hydrogens is 356 g/mol. The predicted octanol–water partition coefficient (Wildman–Crippen LogP) is 2.22. The van der Waals surface area contributed by atoms with E-state index in [9.17, 15) is 19.7 Å². The van der Waals surface area contributed by atoms with Crippen LogP contribution in [0.15, 0.2) is 12.1 Å². The number of hydrogen-bond acceptors (Lipinski definition) is 7.